The maximum absolute atomic E-state index is 12.5. The number of nitrogens with zero attached hydrogens (tertiary/aromatic N) is 2. The van der Waals surface area contributed by atoms with Crippen molar-refractivity contribution in [2.24, 2.45) is 0 Å². The SMILES string of the molecule is Cc1ccc(NC(=O)Cn2ncc3c2-c2ccccc2OC3)c(Br)c1. The smallest absolute Gasteiger partial charge is 0.246 e. The second-order valence-electron chi connectivity index (χ2n) is 5.99. The topological polar surface area (TPSA) is 56.2 Å². The average molecular weight is 398 g/mol. The molecule has 126 valence electrons. The molecule has 3 aromatic rings. The maximum atomic E-state index is 12.5. The van der Waals surface area contributed by atoms with Crippen LogP contribution < -0.4 is 10.1 Å². The quantitative estimate of drug-likeness (QED) is 0.721. The van der Waals surface area contributed by atoms with Gasteiger partial charge in [0, 0.05) is 15.6 Å². The van der Waals surface area contributed by atoms with Crippen LogP contribution in [0.4, 0.5) is 5.69 Å². The van der Waals surface area contributed by atoms with Crippen molar-refractivity contribution in [2.75, 3.05) is 5.32 Å². The van der Waals surface area contributed by atoms with Gasteiger partial charge in [0.05, 0.1) is 17.6 Å². The number of benzene rings is 2. The first kappa shape index (κ1) is 15.9. The van der Waals surface area contributed by atoms with Crippen molar-refractivity contribution in [3.8, 4) is 17.0 Å². The zero-order chi connectivity index (χ0) is 17.4. The molecule has 0 radical (unpaired) electrons. The number of nitrogens with one attached hydrogen (secondary N) is 1. The third-order valence-corrected chi connectivity index (χ3v) is 4.79. The Kier molecular flexibility index (Phi) is 4.05. The van der Waals surface area contributed by atoms with Crippen LogP contribution in [-0.4, -0.2) is 15.7 Å². The van der Waals surface area contributed by atoms with Crippen LogP contribution in [0.2, 0.25) is 0 Å². The summed E-state index contributed by atoms with van der Waals surface area (Å²) in [5.41, 5.74) is 4.77. The number of rotatable bonds is 3. The van der Waals surface area contributed by atoms with Crippen molar-refractivity contribution in [1.29, 1.82) is 0 Å². The van der Waals surface area contributed by atoms with E-state index in [0.29, 0.717) is 6.61 Å². The molecule has 0 fully saturated rings. The van der Waals surface area contributed by atoms with Gasteiger partial charge < -0.3 is 10.1 Å². The fourth-order valence-corrected chi connectivity index (χ4v) is 3.54. The number of carbonyl (C=O) groups is 1. The monoisotopic (exact) mass is 397 g/mol. The van der Waals surface area contributed by atoms with Crippen molar-refractivity contribution in [2.45, 2.75) is 20.1 Å². The number of halogens is 1. The predicted molar refractivity (Wildman–Crippen MR) is 99.5 cm³/mol. The molecular formula is C19H16BrN3O2. The number of anilines is 1. The fraction of sp³-hybridized carbons (Fsp3) is 0.158. The molecule has 2 aromatic carbocycles. The van der Waals surface area contributed by atoms with Crippen LogP contribution in [0.1, 0.15) is 11.1 Å². The summed E-state index contributed by atoms with van der Waals surface area (Å²) in [6.45, 7) is 2.62. The first-order valence-corrected chi connectivity index (χ1v) is 8.74. The van der Waals surface area contributed by atoms with Gasteiger partial charge in [0.25, 0.3) is 0 Å². The zero-order valence-corrected chi connectivity index (χ0v) is 15.2. The van der Waals surface area contributed by atoms with Crippen LogP contribution >= 0.6 is 15.9 Å². The number of amides is 1. The Hall–Kier alpha value is -2.60. The molecule has 1 amide bonds. The highest BCUT2D eigenvalue weighted by molar-refractivity contribution is 9.10. The molecule has 0 aliphatic carbocycles. The van der Waals surface area contributed by atoms with Crippen LogP contribution in [0, 0.1) is 6.92 Å². The molecule has 25 heavy (non-hydrogen) atoms. The standard InChI is InChI=1S/C19H16BrN3O2/c1-12-6-7-16(15(20)8-12)22-18(24)10-23-19-13(9-21-23)11-25-17-5-3-2-4-14(17)19/h2-9H,10-11H2,1H3,(H,22,24). The van der Waals surface area contributed by atoms with Crippen LogP contribution in [0.15, 0.2) is 53.1 Å². The molecule has 2 heterocycles. The van der Waals surface area contributed by atoms with Gasteiger partial charge in [-0.1, -0.05) is 18.2 Å². The van der Waals surface area contributed by atoms with E-state index in [1.807, 2.05) is 49.4 Å². The van der Waals surface area contributed by atoms with Crippen molar-refractivity contribution in [3.63, 3.8) is 0 Å². The minimum Gasteiger partial charge on any atom is -0.488 e. The summed E-state index contributed by atoms with van der Waals surface area (Å²) >= 11 is 3.48. The molecule has 0 saturated heterocycles. The number of aromatic nitrogens is 2. The summed E-state index contributed by atoms with van der Waals surface area (Å²) in [5.74, 6) is 0.692. The van der Waals surface area contributed by atoms with Gasteiger partial charge in [0.1, 0.15) is 18.9 Å². The molecule has 1 aliphatic rings. The van der Waals surface area contributed by atoms with Gasteiger partial charge in [-0.15, -0.1) is 0 Å². The minimum atomic E-state index is -0.126. The molecular weight excluding hydrogens is 382 g/mol. The third-order valence-electron chi connectivity index (χ3n) is 4.13. The van der Waals surface area contributed by atoms with Crippen LogP contribution in [0.5, 0.6) is 5.75 Å². The van der Waals surface area contributed by atoms with Crippen molar-refractivity contribution in [3.05, 3.63) is 64.3 Å². The summed E-state index contributed by atoms with van der Waals surface area (Å²) < 4.78 is 8.32. The van der Waals surface area contributed by atoms with Gasteiger partial charge in [-0.3, -0.25) is 9.48 Å². The fourth-order valence-electron chi connectivity index (χ4n) is 2.95. The number of fused-ring (bicyclic) bond motifs is 3. The van der Waals surface area contributed by atoms with Gasteiger partial charge >= 0.3 is 0 Å². The minimum absolute atomic E-state index is 0.126. The molecule has 0 atom stereocenters. The second-order valence-corrected chi connectivity index (χ2v) is 6.85. The molecule has 1 N–H and O–H groups in total. The molecule has 0 saturated carbocycles. The Bertz CT molecular complexity index is 965. The maximum Gasteiger partial charge on any atom is 0.246 e. The van der Waals surface area contributed by atoms with E-state index in [1.54, 1.807) is 10.9 Å². The average Bonchev–Trinajstić information content (AvgIpc) is 3.01. The Morgan fingerprint density at radius 1 is 1.32 bits per heavy atom. The van der Waals surface area contributed by atoms with Gasteiger partial charge in [-0.25, -0.2) is 0 Å². The lowest BCUT2D eigenvalue weighted by Crippen LogP contribution is -2.21. The van der Waals surface area contributed by atoms with E-state index in [4.69, 9.17) is 4.74 Å². The predicted octanol–water partition coefficient (Wildman–Crippen LogP) is 4.15. The summed E-state index contributed by atoms with van der Waals surface area (Å²) in [5, 5.41) is 7.31. The molecule has 1 aromatic heterocycles. The third kappa shape index (κ3) is 3.05. The van der Waals surface area contributed by atoms with Gasteiger partial charge in [0.2, 0.25) is 5.91 Å². The highest BCUT2D eigenvalue weighted by Crippen LogP contribution is 2.37. The Morgan fingerprint density at radius 3 is 3.00 bits per heavy atom. The van der Waals surface area contributed by atoms with E-state index >= 15 is 0 Å². The lowest BCUT2D eigenvalue weighted by atomic mass is 10.0. The molecule has 0 spiro atoms. The van der Waals surface area contributed by atoms with Crippen LogP contribution in [0.3, 0.4) is 0 Å². The molecule has 6 heteroatoms. The highest BCUT2D eigenvalue weighted by atomic mass is 79.9. The van der Waals surface area contributed by atoms with E-state index in [1.165, 1.54) is 0 Å². The van der Waals surface area contributed by atoms with Crippen LogP contribution in [-0.2, 0) is 17.9 Å². The summed E-state index contributed by atoms with van der Waals surface area (Å²) in [6, 6.07) is 13.6. The summed E-state index contributed by atoms with van der Waals surface area (Å²) in [6.07, 6.45) is 1.76. The van der Waals surface area contributed by atoms with E-state index in [2.05, 4.69) is 26.3 Å². The normalized spacial score (nSPS) is 12.1. The van der Waals surface area contributed by atoms with E-state index < -0.39 is 0 Å². The summed E-state index contributed by atoms with van der Waals surface area (Å²) in [4.78, 5) is 12.5. The van der Waals surface area contributed by atoms with E-state index in [9.17, 15) is 4.79 Å². The van der Waals surface area contributed by atoms with Crippen molar-refractivity contribution in [1.82, 2.24) is 9.78 Å². The highest BCUT2D eigenvalue weighted by Gasteiger charge is 2.22. The largest absolute Gasteiger partial charge is 0.488 e. The number of carbonyl (C=O) groups excluding carboxylic acids is 1. The van der Waals surface area contributed by atoms with Gasteiger partial charge in [-0.05, 0) is 52.7 Å². The zero-order valence-electron chi connectivity index (χ0n) is 13.6. The molecule has 0 unspecified atom stereocenters. The number of aryl methyl sites for hydroxylation is 1. The summed E-state index contributed by atoms with van der Waals surface area (Å²) in [7, 11) is 0. The molecule has 4 rings (SSSR count). The molecule has 5 nitrogen and oxygen atoms in total. The van der Waals surface area contributed by atoms with Gasteiger partial charge in [-0.2, -0.15) is 5.10 Å². The Balaban J connectivity index is 1.59. The second kappa shape index (κ2) is 6.37. The van der Waals surface area contributed by atoms with Crippen molar-refractivity contribution >= 4 is 27.5 Å². The lowest BCUT2D eigenvalue weighted by Gasteiger charge is -2.19. The number of hydrogen-bond donors (Lipinski definition) is 1. The molecule has 1 aliphatic heterocycles. The Labute approximate surface area is 153 Å². The van der Waals surface area contributed by atoms with E-state index in [-0.39, 0.29) is 12.5 Å². The van der Waals surface area contributed by atoms with Crippen LogP contribution in [0.25, 0.3) is 11.3 Å². The number of hydrogen-bond acceptors (Lipinski definition) is 3. The first-order valence-electron chi connectivity index (χ1n) is 7.95. The van der Waals surface area contributed by atoms with E-state index in [0.717, 1.165) is 38.3 Å². The number of para-hydroxylation sites is 1. The lowest BCUT2D eigenvalue weighted by molar-refractivity contribution is -0.116. The van der Waals surface area contributed by atoms with Gasteiger partial charge in [0.15, 0.2) is 0 Å². The first-order chi connectivity index (χ1) is 12.1. The number of ether oxygens (including phenoxy) is 1. The Morgan fingerprint density at radius 2 is 2.16 bits per heavy atom. The molecule has 0 bridgehead atoms. The van der Waals surface area contributed by atoms with Crippen molar-refractivity contribution < 1.29 is 9.53 Å².